The van der Waals surface area contributed by atoms with Gasteiger partial charge < -0.3 is 15.1 Å². The van der Waals surface area contributed by atoms with Gasteiger partial charge in [0.25, 0.3) is 5.91 Å². The molecule has 0 saturated carbocycles. The third-order valence-corrected chi connectivity index (χ3v) is 5.89. The van der Waals surface area contributed by atoms with Crippen molar-refractivity contribution in [2.24, 2.45) is 0 Å². The second-order valence-corrected chi connectivity index (χ2v) is 7.90. The maximum atomic E-state index is 12.9. The van der Waals surface area contributed by atoms with Crippen LogP contribution in [0.1, 0.15) is 15.9 Å². The number of aromatic nitrogens is 3. The zero-order chi connectivity index (χ0) is 22.6. The molecule has 1 fully saturated rings. The summed E-state index contributed by atoms with van der Waals surface area (Å²) in [4.78, 5) is 30.3. The Bertz CT molecular complexity index is 1280. The number of pyridine rings is 1. The van der Waals surface area contributed by atoms with Gasteiger partial charge in [-0.15, -0.1) is 0 Å². The first-order valence-electron chi connectivity index (χ1n) is 10.9. The molecule has 33 heavy (non-hydrogen) atoms. The Labute approximate surface area is 192 Å². The van der Waals surface area contributed by atoms with Gasteiger partial charge in [-0.05, 0) is 29.8 Å². The average molecular weight is 437 g/mol. The van der Waals surface area contributed by atoms with Crippen LogP contribution >= 0.6 is 0 Å². The number of benzene rings is 2. The molecule has 0 radical (unpaired) electrons. The molecule has 1 saturated heterocycles. The zero-order valence-electron chi connectivity index (χ0n) is 18.2. The highest BCUT2D eigenvalue weighted by Gasteiger charge is 2.20. The molecule has 1 N–H and O–H groups in total. The van der Waals surface area contributed by atoms with E-state index in [9.17, 15) is 4.79 Å². The predicted octanol–water partition coefficient (Wildman–Crippen LogP) is 4.07. The van der Waals surface area contributed by atoms with Crippen molar-refractivity contribution in [1.82, 2.24) is 19.9 Å². The Morgan fingerprint density at radius 2 is 1.67 bits per heavy atom. The molecular formula is C26H24N6O. The van der Waals surface area contributed by atoms with Crippen molar-refractivity contribution in [3.8, 4) is 0 Å². The van der Waals surface area contributed by atoms with Gasteiger partial charge in [0.2, 0.25) is 0 Å². The van der Waals surface area contributed by atoms with Crippen molar-refractivity contribution in [2.75, 3.05) is 36.4 Å². The van der Waals surface area contributed by atoms with Crippen molar-refractivity contribution in [2.45, 2.75) is 0 Å². The average Bonchev–Trinajstić information content (AvgIpc) is 2.89. The molecule has 4 aromatic rings. The number of fused-ring (bicyclic) bond motifs is 1. The van der Waals surface area contributed by atoms with E-state index in [0.29, 0.717) is 11.1 Å². The van der Waals surface area contributed by atoms with E-state index in [2.05, 4.69) is 36.6 Å². The number of hydrogen-bond acceptors (Lipinski definition) is 6. The number of carbonyl (C=O) groups is 1. The minimum absolute atomic E-state index is 0.175. The van der Waals surface area contributed by atoms with Crippen molar-refractivity contribution < 1.29 is 4.79 Å². The molecule has 2 aromatic heterocycles. The second-order valence-electron chi connectivity index (χ2n) is 7.90. The molecule has 0 spiro atoms. The molecule has 1 amide bonds. The highest BCUT2D eigenvalue weighted by molar-refractivity contribution is 6.11. The summed E-state index contributed by atoms with van der Waals surface area (Å²) in [7, 11) is 0. The Morgan fingerprint density at radius 3 is 2.42 bits per heavy atom. The fraction of sp³-hybridized carbons (Fsp3) is 0.154. The van der Waals surface area contributed by atoms with Crippen molar-refractivity contribution in [3.63, 3.8) is 0 Å². The summed E-state index contributed by atoms with van der Waals surface area (Å²) < 4.78 is 0. The molecule has 5 rings (SSSR count). The third kappa shape index (κ3) is 4.39. The lowest BCUT2D eigenvalue weighted by atomic mass is 10.1. The van der Waals surface area contributed by atoms with Crippen LogP contribution in [0.4, 0.5) is 11.5 Å². The quantitative estimate of drug-likeness (QED) is 0.508. The van der Waals surface area contributed by atoms with E-state index >= 15 is 0 Å². The third-order valence-electron chi connectivity index (χ3n) is 5.89. The van der Waals surface area contributed by atoms with Gasteiger partial charge in [0, 0.05) is 61.5 Å². The topological polar surface area (TPSA) is 74.2 Å². The van der Waals surface area contributed by atoms with E-state index in [4.69, 9.17) is 0 Å². The second kappa shape index (κ2) is 9.08. The van der Waals surface area contributed by atoms with Crippen molar-refractivity contribution in [3.05, 3.63) is 97.1 Å². The zero-order valence-corrected chi connectivity index (χ0v) is 18.2. The number of anilines is 2. The smallest absolute Gasteiger partial charge is 0.257 e. The summed E-state index contributed by atoms with van der Waals surface area (Å²) in [5, 5.41) is 3.92. The molecule has 3 heterocycles. The van der Waals surface area contributed by atoms with Crippen LogP contribution in [-0.4, -0.2) is 51.9 Å². The number of carbonyl (C=O) groups excluding carboxylic acids is 1. The van der Waals surface area contributed by atoms with Crippen molar-refractivity contribution in [1.29, 1.82) is 0 Å². The summed E-state index contributed by atoms with van der Waals surface area (Å²) in [6.45, 7) is 7.76. The van der Waals surface area contributed by atoms with Gasteiger partial charge >= 0.3 is 0 Å². The van der Waals surface area contributed by atoms with Crippen LogP contribution in [0.3, 0.4) is 0 Å². The number of rotatable bonds is 5. The molecule has 164 valence electrons. The van der Waals surface area contributed by atoms with E-state index < -0.39 is 0 Å². The number of nitrogens with one attached hydrogen (secondary N) is 1. The van der Waals surface area contributed by atoms with Crippen LogP contribution in [0.2, 0.25) is 0 Å². The molecule has 0 aliphatic carbocycles. The molecular weight excluding hydrogens is 412 g/mol. The van der Waals surface area contributed by atoms with Crippen molar-refractivity contribution >= 4 is 34.0 Å². The normalized spacial score (nSPS) is 13.7. The van der Waals surface area contributed by atoms with E-state index in [1.54, 1.807) is 30.9 Å². The van der Waals surface area contributed by atoms with Gasteiger partial charge in [-0.2, -0.15) is 0 Å². The summed E-state index contributed by atoms with van der Waals surface area (Å²) in [6.07, 6.45) is 6.91. The number of hydrogen-bond donors (Lipinski definition) is 1. The lowest BCUT2D eigenvalue weighted by Gasteiger charge is -2.37. The molecule has 1 aliphatic rings. The first-order valence-corrected chi connectivity index (χ1v) is 10.9. The van der Waals surface area contributed by atoms with E-state index in [1.807, 2.05) is 48.5 Å². The SMILES string of the molecule is C=C(c1ccc(NC(=O)c2cccc3cccnc23)cc1)N1CCN(c2cnccn2)CC1. The van der Waals surface area contributed by atoms with Crippen LogP contribution in [0.25, 0.3) is 16.6 Å². The number of piperazine rings is 1. The number of para-hydroxylation sites is 1. The van der Waals surface area contributed by atoms with Gasteiger partial charge in [-0.25, -0.2) is 4.98 Å². The summed E-state index contributed by atoms with van der Waals surface area (Å²) in [5.41, 5.74) is 4.00. The van der Waals surface area contributed by atoms with Crippen LogP contribution in [0.5, 0.6) is 0 Å². The van der Waals surface area contributed by atoms with E-state index in [-0.39, 0.29) is 5.91 Å². The van der Waals surface area contributed by atoms with Crippen LogP contribution < -0.4 is 10.2 Å². The molecule has 7 heteroatoms. The minimum Gasteiger partial charge on any atom is -0.368 e. The fourth-order valence-electron chi connectivity index (χ4n) is 4.07. The van der Waals surface area contributed by atoms with E-state index in [1.165, 1.54) is 0 Å². The Hall–Kier alpha value is -4.26. The number of amides is 1. The number of nitrogens with zero attached hydrogens (tertiary/aromatic N) is 5. The Kier molecular flexibility index (Phi) is 5.68. The largest absolute Gasteiger partial charge is 0.368 e. The molecule has 0 bridgehead atoms. The van der Waals surface area contributed by atoms with Gasteiger partial charge in [0.1, 0.15) is 5.82 Å². The maximum Gasteiger partial charge on any atom is 0.257 e. The molecule has 0 atom stereocenters. The maximum absolute atomic E-state index is 12.9. The molecule has 1 aliphatic heterocycles. The highest BCUT2D eigenvalue weighted by Crippen LogP contribution is 2.23. The fourth-order valence-corrected chi connectivity index (χ4v) is 4.07. The lowest BCUT2D eigenvalue weighted by Crippen LogP contribution is -2.45. The summed E-state index contributed by atoms with van der Waals surface area (Å²) in [5.74, 6) is 0.732. The predicted molar refractivity (Wildman–Crippen MR) is 131 cm³/mol. The first kappa shape index (κ1) is 20.6. The highest BCUT2D eigenvalue weighted by atomic mass is 16.1. The lowest BCUT2D eigenvalue weighted by molar-refractivity contribution is 0.102. The Morgan fingerprint density at radius 1 is 0.879 bits per heavy atom. The van der Waals surface area contributed by atoms with Gasteiger partial charge in [0.05, 0.1) is 17.3 Å². The molecule has 0 unspecified atom stereocenters. The summed E-state index contributed by atoms with van der Waals surface area (Å²) >= 11 is 0. The summed E-state index contributed by atoms with van der Waals surface area (Å²) in [6, 6.07) is 17.2. The molecule has 7 nitrogen and oxygen atoms in total. The van der Waals surface area contributed by atoms with Crippen LogP contribution in [0.15, 0.2) is 86.0 Å². The first-order chi connectivity index (χ1) is 16.2. The van der Waals surface area contributed by atoms with Gasteiger partial charge in [0.15, 0.2) is 0 Å². The van der Waals surface area contributed by atoms with E-state index in [0.717, 1.165) is 54.3 Å². The standard InChI is InChI=1S/C26H24N6O/c1-19(31-14-16-32(17-15-31)24-18-27-12-13-28-24)20-7-9-22(10-8-20)30-26(33)23-6-2-4-21-5-3-11-29-25(21)23/h2-13,18H,1,14-17H2,(H,30,33). The van der Waals surface area contributed by atoms with Crippen LogP contribution in [0, 0.1) is 0 Å². The van der Waals surface area contributed by atoms with Gasteiger partial charge in [-0.3, -0.25) is 14.8 Å². The monoisotopic (exact) mass is 436 g/mol. The van der Waals surface area contributed by atoms with Gasteiger partial charge in [-0.1, -0.05) is 36.9 Å². The minimum atomic E-state index is -0.175. The molecule has 2 aromatic carbocycles. The van der Waals surface area contributed by atoms with Crippen LogP contribution in [-0.2, 0) is 0 Å². The Balaban J connectivity index is 1.22.